The number of hydrogen-bond donors (Lipinski definition) is 2. The standard InChI is InChI=1S/C19H15FN6O2S/c20-12-3-7-14(8-4-12)26-17(18(21)27)9-15(24-26)19(28)22-13-5-1-11(2-6-13)16-10-29-25-23-16/h1-8,10,17H,9H2,(H2,21,27)(H,22,28). The van der Waals surface area contributed by atoms with Crippen LogP contribution in [0.3, 0.4) is 0 Å². The van der Waals surface area contributed by atoms with E-state index in [1.165, 1.54) is 40.8 Å². The van der Waals surface area contributed by atoms with Gasteiger partial charge in [0.1, 0.15) is 23.3 Å². The zero-order valence-electron chi connectivity index (χ0n) is 14.9. The van der Waals surface area contributed by atoms with E-state index in [1.807, 2.05) is 17.5 Å². The Hall–Kier alpha value is -3.66. The molecule has 0 fully saturated rings. The second-order valence-electron chi connectivity index (χ2n) is 6.31. The van der Waals surface area contributed by atoms with Crippen LogP contribution in [0.5, 0.6) is 0 Å². The van der Waals surface area contributed by atoms with Gasteiger partial charge < -0.3 is 11.1 Å². The van der Waals surface area contributed by atoms with Crippen LogP contribution in [0.1, 0.15) is 6.42 Å². The summed E-state index contributed by atoms with van der Waals surface area (Å²) in [6.45, 7) is 0. The summed E-state index contributed by atoms with van der Waals surface area (Å²) in [7, 11) is 0. The van der Waals surface area contributed by atoms with Gasteiger partial charge in [-0.1, -0.05) is 16.6 Å². The van der Waals surface area contributed by atoms with Gasteiger partial charge in [-0.3, -0.25) is 14.6 Å². The molecule has 10 heteroatoms. The van der Waals surface area contributed by atoms with Crippen molar-refractivity contribution in [1.82, 2.24) is 9.59 Å². The zero-order chi connectivity index (χ0) is 20.4. The van der Waals surface area contributed by atoms with Crippen LogP contribution in [0.4, 0.5) is 15.8 Å². The number of amides is 2. The molecule has 1 aliphatic rings. The summed E-state index contributed by atoms with van der Waals surface area (Å²) < 4.78 is 17.0. The normalized spacial score (nSPS) is 15.8. The summed E-state index contributed by atoms with van der Waals surface area (Å²) in [5.74, 6) is -1.48. The number of nitrogens with one attached hydrogen (secondary N) is 1. The molecule has 29 heavy (non-hydrogen) atoms. The summed E-state index contributed by atoms with van der Waals surface area (Å²) in [5.41, 5.74) is 8.30. The van der Waals surface area contributed by atoms with Gasteiger partial charge in [-0.25, -0.2) is 4.39 Å². The molecule has 2 heterocycles. The highest BCUT2D eigenvalue weighted by Crippen LogP contribution is 2.26. The van der Waals surface area contributed by atoms with E-state index in [0.717, 1.165) is 11.3 Å². The monoisotopic (exact) mass is 410 g/mol. The smallest absolute Gasteiger partial charge is 0.271 e. The van der Waals surface area contributed by atoms with Crippen molar-refractivity contribution in [3.8, 4) is 11.3 Å². The number of nitrogens with two attached hydrogens (primary N) is 1. The minimum absolute atomic E-state index is 0.0567. The number of carbonyl (C=O) groups is 2. The third kappa shape index (κ3) is 3.97. The minimum atomic E-state index is -0.819. The van der Waals surface area contributed by atoms with Gasteiger partial charge in [0.15, 0.2) is 0 Å². The highest BCUT2D eigenvalue weighted by molar-refractivity contribution is 7.03. The largest absolute Gasteiger partial charge is 0.368 e. The third-order valence-electron chi connectivity index (χ3n) is 4.39. The van der Waals surface area contributed by atoms with Crippen molar-refractivity contribution >= 4 is 40.4 Å². The van der Waals surface area contributed by atoms with Crippen LogP contribution in [0.15, 0.2) is 59.0 Å². The predicted molar refractivity (Wildman–Crippen MR) is 108 cm³/mol. The Morgan fingerprint density at radius 3 is 2.48 bits per heavy atom. The van der Waals surface area contributed by atoms with E-state index < -0.39 is 23.7 Å². The molecule has 0 radical (unpaired) electrons. The SMILES string of the molecule is NC(=O)C1CC(C(=O)Nc2ccc(-c3csnn3)cc2)=NN1c1ccc(F)cc1. The van der Waals surface area contributed by atoms with E-state index in [-0.39, 0.29) is 12.1 Å². The van der Waals surface area contributed by atoms with Crippen molar-refractivity contribution in [3.63, 3.8) is 0 Å². The lowest BCUT2D eigenvalue weighted by atomic mass is 10.1. The lowest BCUT2D eigenvalue weighted by molar-refractivity contribution is -0.119. The number of benzene rings is 2. The summed E-state index contributed by atoms with van der Waals surface area (Å²) in [4.78, 5) is 24.4. The molecule has 1 aliphatic heterocycles. The molecule has 0 saturated heterocycles. The molecular weight excluding hydrogens is 395 g/mol. The van der Waals surface area contributed by atoms with Crippen LogP contribution in [0.2, 0.25) is 0 Å². The Balaban J connectivity index is 1.51. The van der Waals surface area contributed by atoms with Gasteiger partial charge in [0.25, 0.3) is 5.91 Å². The Morgan fingerprint density at radius 1 is 1.14 bits per heavy atom. The Labute approximate surface area is 169 Å². The molecule has 0 bridgehead atoms. The molecular formula is C19H15FN6O2S. The molecule has 146 valence electrons. The highest BCUT2D eigenvalue weighted by Gasteiger charge is 2.35. The van der Waals surface area contributed by atoms with Gasteiger partial charge in [-0.15, -0.1) is 5.10 Å². The second-order valence-corrected chi connectivity index (χ2v) is 6.92. The average Bonchev–Trinajstić information content (AvgIpc) is 3.39. The van der Waals surface area contributed by atoms with Gasteiger partial charge in [0.2, 0.25) is 5.91 Å². The van der Waals surface area contributed by atoms with Crippen LogP contribution >= 0.6 is 11.5 Å². The molecule has 2 aromatic carbocycles. The van der Waals surface area contributed by atoms with Crippen molar-refractivity contribution in [2.24, 2.45) is 10.8 Å². The summed E-state index contributed by atoms with van der Waals surface area (Å²) >= 11 is 1.26. The van der Waals surface area contributed by atoms with Crippen molar-refractivity contribution < 1.29 is 14.0 Å². The van der Waals surface area contributed by atoms with Crippen LogP contribution in [0, 0.1) is 5.82 Å². The van der Waals surface area contributed by atoms with Crippen LogP contribution in [-0.2, 0) is 9.59 Å². The zero-order valence-corrected chi connectivity index (χ0v) is 15.8. The van der Waals surface area contributed by atoms with E-state index in [1.54, 1.807) is 12.1 Å². The number of hydrazone groups is 1. The van der Waals surface area contributed by atoms with E-state index in [0.29, 0.717) is 11.4 Å². The van der Waals surface area contributed by atoms with E-state index >= 15 is 0 Å². The van der Waals surface area contributed by atoms with Crippen molar-refractivity contribution in [2.75, 3.05) is 10.3 Å². The second kappa shape index (κ2) is 7.76. The minimum Gasteiger partial charge on any atom is -0.368 e. The molecule has 1 unspecified atom stereocenters. The molecule has 1 atom stereocenters. The van der Waals surface area contributed by atoms with E-state index in [4.69, 9.17) is 5.73 Å². The molecule has 1 aromatic heterocycles. The van der Waals surface area contributed by atoms with Gasteiger partial charge in [0, 0.05) is 23.1 Å². The Bertz CT molecular complexity index is 1070. The predicted octanol–water partition coefficient (Wildman–Crippen LogP) is 2.40. The Kier molecular flexibility index (Phi) is 5.00. The maximum atomic E-state index is 13.2. The fourth-order valence-corrected chi connectivity index (χ4v) is 3.38. The first-order valence-electron chi connectivity index (χ1n) is 8.62. The number of halogens is 1. The highest BCUT2D eigenvalue weighted by atomic mass is 32.1. The van der Waals surface area contributed by atoms with Crippen molar-refractivity contribution in [2.45, 2.75) is 12.5 Å². The fourth-order valence-electron chi connectivity index (χ4n) is 2.92. The average molecular weight is 410 g/mol. The molecule has 0 saturated carbocycles. The van der Waals surface area contributed by atoms with Gasteiger partial charge >= 0.3 is 0 Å². The third-order valence-corrected chi connectivity index (χ3v) is 4.90. The number of hydrogen-bond acceptors (Lipinski definition) is 7. The van der Waals surface area contributed by atoms with Crippen LogP contribution in [-0.4, -0.2) is 33.2 Å². The van der Waals surface area contributed by atoms with Crippen LogP contribution < -0.4 is 16.1 Å². The first kappa shape index (κ1) is 18.7. The number of anilines is 2. The number of rotatable bonds is 5. The first-order chi connectivity index (χ1) is 14.0. The van der Waals surface area contributed by atoms with Crippen LogP contribution in [0.25, 0.3) is 11.3 Å². The number of primary amides is 1. The number of carbonyl (C=O) groups excluding carboxylic acids is 2. The van der Waals surface area contributed by atoms with E-state index in [2.05, 4.69) is 20.0 Å². The van der Waals surface area contributed by atoms with Gasteiger partial charge in [-0.2, -0.15) is 5.10 Å². The topological polar surface area (TPSA) is 114 Å². The summed E-state index contributed by atoms with van der Waals surface area (Å²) in [6, 6.07) is 11.8. The lowest BCUT2D eigenvalue weighted by Gasteiger charge is -2.20. The molecule has 4 rings (SSSR count). The molecule has 3 N–H and O–H groups in total. The van der Waals surface area contributed by atoms with Crippen molar-refractivity contribution in [3.05, 3.63) is 59.7 Å². The quantitative estimate of drug-likeness (QED) is 0.671. The van der Waals surface area contributed by atoms with Crippen molar-refractivity contribution in [1.29, 1.82) is 0 Å². The number of nitrogens with zero attached hydrogens (tertiary/aromatic N) is 4. The molecule has 0 spiro atoms. The fraction of sp³-hybridized carbons (Fsp3) is 0.105. The molecule has 3 aromatic rings. The Morgan fingerprint density at radius 2 is 1.86 bits per heavy atom. The lowest BCUT2D eigenvalue weighted by Crippen LogP contribution is -2.39. The summed E-state index contributed by atoms with van der Waals surface area (Å²) in [6.07, 6.45) is 0.0567. The molecule has 8 nitrogen and oxygen atoms in total. The number of aromatic nitrogens is 2. The summed E-state index contributed by atoms with van der Waals surface area (Å²) in [5, 5.41) is 14.2. The van der Waals surface area contributed by atoms with E-state index in [9.17, 15) is 14.0 Å². The molecule has 0 aliphatic carbocycles. The maximum Gasteiger partial charge on any atom is 0.271 e. The van der Waals surface area contributed by atoms with Gasteiger partial charge in [0.05, 0.1) is 5.69 Å². The maximum absolute atomic E-state index is 13.2. The molecule has 2 amide bonds. The first-order valence-corrected chi connectivity index (χ1v) is 9.45. The van der Waals surface area contributed by atoms with Gasteiger partial charge in [-0.05, 0) is 47.9 Å².